The summed E-state index contributed by atoms with van der Waals surface area (Å²) in [7, 11) is 0. The molecule has 1 fully saturated rings. The van der Waals surface area contributed by atoms with Crippen LogP contribution in [0.5, 0.6) is 0 Å². The van der Waals surface area contributed by atoms with E-state index in [1.807, 2.05) is 6.08 Å². The number of hydrogen-bond acceptors (Lipinski definition) is 2. The molecule has 0 radical (unpaired) electrons. The smallest absolute Gasteiger partial charge is 0.155 e. The van der Waals surface area contributed by atoms with Crippen LogP contribution in [-0.2, 0) is 4.79 Å². The second kappa shape index (κ2) is 3.40. The highest BCUT2D eigenvalue weighted by atomic mass is 16.1. The van der Waals surface area contributed by atoms with Crippen molar-refractivity contribution in [3.8, 4) is 0 Å². The maximum Gasteiger partial charge on any atom is 0.155 e. The van der Waals surface area contributed by atoms with Crippen LogP contribution in [0.4, 0.5) is 0 Å². The number of ketones is 1. The van der Waals surface area contributed by atoms with Gasteiger partial charge in [-0.25, -0.2) is 0 Å². The summed E-state index contributed by atoms with van der Waals surface area (Å²) in [6, 6.07) is 0. The van der Waals surface area contributed by atoms with E-state index in [1.54, 1.807) is 0 Å². The molecule has 12 heavy (non-hydrogen) atoms. The summed E-state index contributed by atoms with van der Waals surface area (Å²) in [5.74, 6) is 0.998. The van der Waals surface area contributed by atoms with Crippen LogP contribution in [0, 0.1) is 5.92 Å². The minimum absolute atomic E-state index is 0.336. The zero-order chi connectivity index (χ0) is 8.39. The van der Waals surface area contributed by atoms with Gasteiger partial charge in [0.25, 0.3) is 0 Å². The molecular weight excluding hydrogens is 150 g/mol. The molecule has 1 aliphatic heterocycles. The van der Waals surface area contributed by atoms with Crippen molar-refractivity contribution in [2.24, 2.45) is 5.92 Å². The van der Waals surface area contributed by atoms with Crippen molar-refractivity contribution in [3.05, 3.63) is 11.6 Å². The van der Waals surface area contributed by atoms with Gasteiger partial charge in [-0.15, -0.1) is 0 Å². The van der Waals surface area contributed by atoms with Crippen molar-refractivity contribution in [2.75, 3.05) is 13.1 Å². The molecule has 0 aromatic carbocycles. The summed E-state index contributed by atoms with van der Waals surface area (Å²) in [4.78, 5) is 11.1. The molecule has 1 N–H and O–H groups in total. The van der Waals surface area contributed by atoms with Crippen LogP contribution in [0.2, 0.25) is 0 Å². The Hall–Kier alpha value is -0.630. The number of hydrogen-bond donors (Lipinski definition) is 1. The highest BCUT2D eigenvalue weighted by Crippen LogP contribution is 2.26. The fourth-order valence-corrected chi connectivity index (χ4v) is 2.11. The molecular formula is C10H15NO. The lowest BCUT2D eigenvalue weighted by atomic mass is 9.88. The number of nitrogens with one attached hydrogen (secondary N) is 1. The lowest BCUT2D eigenvalue weighted by Gasteiger charge is -2.16. The minimum Gasteiger partial charge on any atom is -0.316 e. The van der Waals surface area contributed by atoms with E-state index in [4.69, 9.17) is 0 Å². The van der Waals surface area contributed by atoms with Gasteiger partial charge in [-0.05, 0) is 37.8 Å². The van der Waals surface area contributed by atoms with E-state index in [0.29, 0.717) is 11.7 Å². The lowest BCUT2D eigenvalue weighted by Crippen LogP contribution is -2.14. The van der Waals surface area contributed by atoms with Gasteiger partial charge in [0.05, 0.1) is 0 Å². The van der Waals surface area contributed by atoms with Crippen LogP contribution in [0.15, 0.2) is 11.6 Å². The van der Waals surface area contributed by atoms with E-state index >= 15 is 0 Å². The monoisotopic (exact) mass is 165 g/mol. The molecule has 1 unspecified atom stereocenters. The van der Waals surface area contributed by atoms with Gasteiger partial charge in [-0.1, -0.05) is 5.57 Å². The van der Waals surface area contributed by atoms with Gasteiger partial charge in [0.2, 0.25) is 0 Å². The largest absolute Gasteiger partial charge is 0.316 e. The van der Waals surface area contributed by atoms with Crippen LogP contribution in [0.25, 0.3) is 0 Å². The average molecular weight is 165 g/mol. The van der Waals surface area contributed by atoms with Crippen LogP contribution in [-0.4, -0.2) is 18.9 Å². The fraction of sp³-hybridized carbons (Fsp3) is 0.700. The maximum atomic E-state index is 11.1. The van der Waals surface area contributed by atoms with Gasteiger partial charge in [0, 0.05) is 13.0 Å². The Morgan fingerprint density at radius 2 is 2.33 bits per heavy atom. The quantitative estimate of drug-likeness (QED) is 0.634. The molecule has 1 saturated heterocycles. The highest BCUT2D eigenvalue weighted by Gasteiger charge is 2.21. The van der Waals surface area contributed by atoms with Crippen molar-refractivity contribution in [3.63, 3.8) is 0 Å². The molecule has 2 aliphatic rings. The van der Waals surface area contributed by atoms with Crippen molar-refractivity contribution in [1.29, 1.82) is 0 Å². The molecule has 0 bridgehead atoms. The molecule has 0 amide bonds. The van der Waals surface area contributed by atoms with E-state index in [2.05, 4.69) is 5.32 Å². The van der Waals surface area contributed by atoms with Gasteiger partial charge in [-0.3, -0.25) is 4.79 Å². The van der Waals surface area contributed by atoms with Gasteiger partial charge in [0.15, 0.2) is 5.78 Å². The molecule has 66 valence electrons. The van der Waals surface area contributed by atoms with Gasteiger partial charge in [0.1, 0.15) is 0 Å². The molecule has 0 aromatic heterocycles. The molecule has 1 heterocycles. The third-order valence-corrected chi connectivity index (χ3v) is 2.82. The molecule has 0 saturated carbocycles. The fourth-order valence-electron chi connectivity index (χ4n) is 2.11. The number of carbonyl (C=O) groups excluding carboxylic acids is 1. The van der Waals surface area contributed by atoms with Gasteiger partial charge >= 0.3 is 0 Å². The minimum atomic E-state index is 0.336. The first-order chi connectivity index (χ1) is 5.86. The van der Waals surface area contributed by atoms with E-state index in [1.165, 1.54) is 12.0 Å². The summed E-state index contributed by atoms with van der Waals surface area (Å²) in [5.41, 5.74) is 1.40. The molecule has 2 nitrogen and oxygen atoms in total. The van der Waals surface area contributed by atoms with Crippen molar-refractivity contribution in [1.82, 2.24) is 5.32 Å². The Morgan fingerprint density at radius 3 is 3.00 bits per heavy atom. The van der Waals surface area contributed by atoms with Crippen molar-refractivity contribution < 1.29 is 4.79 Å². The SMILES string of the molecule is O=C1C=C(C2CCNC2)CCC1. The maximum absolute atomic E-state index is 11.1. The normalized spacial score (nSPS) is 30.5. The Labute approximate surface area is 73.0 Å². The predicted molar refractivity (Wildman–Crippen MR) is 47.9 cm³/mol. The van der Waals surface area contributed by atoms with Crippen molar-refractivity contribution >= 4 is 5.78 Å². The summed E-state index contributed by atoms with van der Waals surface area (Å²) in [5, 5.41) is 3.33. The van der Waals surface area contributed by atoms with Crippen LogP contribution in [0.3, 0.4) is 0 Å². The number of allylic oxidation sites excluding steroid dienone is 1. The Morgan fingerprint density at radius 1 is 1.42 bits per heavy atom. The topological polar surface area (TPSA) is 29.1 Å². The number of carbonyl (C=O) groups is 1. The average Bonchev–Trinajstić information content (AvgIpc) is 2.56. The molecule has 0 aromatic rings. The van der Waals surface area contributed by atoms with E-state index in [0.717, 1.165) is 32.4 Å². The standard InChI is InChI=1S/C10H15NO/c12-10-3-1-2-8(6-10)9-4-5-11-7-9/h6,9,11H,1-5,7H2. The highest BCUT2D eigenvalue weighted by molar-refractivity contribution is 5.91. The van der Waals surface area contributed by atoms with Crippen LogP contribution in [0.1, 0.15) is 25.7 Å². The van der Waals surface area contributed by atoms with Gasteiger partial charge in [-0.2, -0.15) is 0 Å². The first kappa shape index (κ1) is 7.99. The second-order valence-corrected chi connectivity index (χ2v) is 3.73. The van der Waals surface area contributed by atoms with E-state index < -0.39 is 0 Å². The number of rotatable bonds is 1. The first-order valence-electron chi connectivity index (χ1n) is 4.80. The summed E-state index contributed by atoms with van der Waals surface area (Å²) < 4.78 is 0. The van der Waals surface area contributed by atoms with Crippen molar-refractivity contribution in [2.45, 2.75) is 25.7 Å². The Balaban J connectivity index is 2.05. The third-order valence-electron chi connectivity index (χ3n) is 2.82. The lowest BCUT2D eigenvalue weighted by molar-refractivity contribution is -0.115. The van der Waals surface area contributed by atoms with E-state index in [9.17, 15) is 4.79 Å². The summed E-state index contributed by atoms with van der Waals surface area (Å²) in [6.07, 6.45) is 6.10. The Kier molecular flexibility index (Phi) is 2.26. The molecule has 1 aliphatic carbocycles. The second-order valence-electron chi connectivity index (χ2n) is 3.73. The zero-order valence-electron chi connectivity index (χ0n) is 7.31. The third kappa shape index (κ3) is 1.58. The predicted octanol–water partition coefficient (Wildman–Crippen LogP) is 1.28. The van der Waals surface area contributed by atoms with E-state index in [-0.39, 0.29) is 0 Å². The first-order valence-corrected chi connectivity index (χ1v) is 4.80. The molecule has 1 atom stereocenters. The summed E-state index contributed by atoms with van der Waals surface area (Å²) in [6.45, 7) is 2.20. The molecule has 0 spiro atoms. The summed E-state index contributed by atoms with van der Waals surface area (Å²) >= 11 is 0. The van der Waals surface area contributed by atoms with Gasteiger partial charge < -0.3 is 5.32 Å². The Bertz CT molecular complexity index is 214. The molecule has 2 heteroatoms. The zero-order valence-corrected chi connectivity index (χ0v) is 7.31. The van der Waals surface area contributed by atoms with Crippen LogP contribution < -0.4 is 5.32 Å². The van der Waals surface area contributed by atoms with Crippen LogP contribution >= 0.6 is 0 Å². The molecule has 2 rings (SSSR count).